The molecule has 5 heteroatoms. The second kappa shape index (κ2) is 4.78. The van der Waals surface area contributed by atoms with E-state index in [0.29, 0.717) is 6.04 Å². The number of pyridine rings is 1. The number of anilines is 1. The molecule has 0 aliphatic carbocycles. The van der Waals surface area contributed by atoms with E-state index in [0.717, 1.165) is 24.5 Å². The summed E-state index contributed by atoms with van der Waals surface area (Å²) in [6.07, 6.45) is 8.51. The van der Waals surface area contributed by atoms with Gasteiger partial charge in [-0.3, -0.25) is 4.57 Å². The monoisotopic (exact) mass is 244 g/mol. The van der Waals surface area contributed by atoms with Crippen LogP contribution in [0.15, 0.2) is 37.1 Å². The van der Waals surface area contributed by atoms with Gasteiger partial charge in [-0.25, -0.2) is 9.97 Å². The topological polar surface area (TPSA) is 52.0 Å². The zero-order chi connectivity index (χ0) is 12.4. The molecular weight excluding hydrogens is 228 g/mol. The molecule has 3 heterocycles. The van der Waals surface area contributed by atoms with Gasteiger partial charge in [0.05, 0.1) is 24.0 Å². The van der Waals surface area contributed by atoms with Crippen LogP contribution in [0.3, 0.4) is 0 Å². The van der Waals surface area contributed by atoms with Gasteiger partial charge in [0.25, 0.3) is 0 Å². The Bertz CT molecular complexity index is 494. The molecule has 0 spiro atoms. The van der Waals surface area contributed by atoms with Crippen molar-refractivity contribution in [1.29, 1.82) is 0 Å². The molecule has 1 aliphatic rings. The highest BCUT2D eigenvalue weighted by Gasteiger charge is 2.23. The van der Waals surface area contributed by atoms with E-state index in [4.69, 9.17) is 4.74 Å². The largest absolute Gasteiger partial charge is 0.378 e. The third-order valence-electron chi connectivity index (χ3n) is 3.25. The average Bonchev–Trinajstić information content (AvgIpc) is 3.03. The summed E-state index contributed by atoms with van der Waals surface area (Å²) in [6, 6.07) is 4.39. The van der Waals surface area contributed by atoms with Crippen molar-refractivity contribution in [1.82, 2.24) is 14.5 Å². The Morgan fingerprint density at radius 1 is 1.44 bits per heavy atom. The lowest BCUT2D eigenvalue weighted by atomic mass is 10.1. The Kier molecular flexibility index (Phi) is 2.98. The molecule has 3 rings (SSSR count). The number of rotatable bonds is 3. The fourth-order valence-corrected chi connectivity index (χ4v) is 2.15. The summed E-state index contributed by atoms with van der Waals surface area (Å²) in [7, 11) is 0. The van der Waals surface area contributed by atoms with Gasteiger partial charge in [-0.15, -0.1) is 0 Å². The van der Waals surface area contributed by atoms with Crippen LogP contribution in [0.1, 0.15) is 13.3 Å². The van der Waals surface area contributed by atoms with Gasteiger partial charge in [0, 0.05) is 19.0 Å². The quantitative estimate of drug-likeness (QED) is 0.895. The van der Waals surface area contributed by atoms with E-state index < -0.39 is 0 Å². The minimum atomic E-state index is 0.262. The molecule has 0 radical (unpaired) electrons. The molecule has 0 aromatic carbocycles. The number of ether oxygens (including phenoxy) is 1. The molecule has 1 aliphatic heterocycles. The molecule has 1 N–H and O–H groups in total. The second-order valence-electron chi connectivity index (χ2n) is 4.49. The van der Waals surface area contributed by atoms with Crippen molar-refractivity contribution in [2.24, 2.45) is 0 Å². The Morgan fingerprint density at radius 2 is 2.39 bits per heavy atom. The Hall–Kier alpha value is -1.88. The minimum absolute atomic E-state index is 0.262. The summed E-state index contributed by atoms with van der Waals surface area (Å²) in [5.74, 6) is 0.869. The number of imidazole rings is 1. The molecule has 1 fully saturated rings. The van der Waals surface area contributed by atoms with Gasteiger partial charge in [-0.1, -0.05) is 0 Å². The molecule has 0 bridgehead atoms. The smallest absolute Gasteiger partial charge is 0.137 e. The molecule has 2 aromatic rings. The maximum absolute atomic E-state index is 5.52. The SMILES string of the molecule is CC1OCCC1Nc1ccc(-n2ccnc2)nc1. The molecule has 94 valence electrons. The number of hydrogen-bond donors (Lipinski definition) is 1. The van der Waals surface area contributed by atoms with Crippen molar-refractivity contribution >= 4 is 5.69 Å². The maximum atomic E-state index is 5.52. The van der Waals surface area contributed by atoms with E-state index in [9.17, 15) is 0 Å². The van der Waals surface area contributed by atoms with Gasteiger partial charge in [0.1, 0.15) is 12.1 Å². The highest BCUT2D eigenvalue weighted by molar-refractivity contribution is 5.44. The van der Waals surface area contributed by atoms with Gasteiger partial charge in [0.15, 0.2) is 0 Å². The molecule has 2 aromatic heterocycles. The van der Waals surface area contributed by atoms with Crippen LogP contribution in [0.2, 0.25) is 0 Å². The Balaban J connectivity index is 1.71. The van der Waals surface area contributed by atoms with E-state index in [-0.39, 0.29) is 6.10 Å². The summed E-state index contributed by atoms with van der Waals surface area (Å²) in [5.41, 5.74) is 1.03. The van der Waals surface area contributed by atoms with Gasteiger partial charge in [-0.05, 0) is 25.5 Å². The van der Waals surface area contributed by atoms with Crippen LogP contribution in [0.5, 0.6) is 0 Å². The summed E-state index contributed by atoms with van der Waals surface area (Å²) < 4.78 is 7.41. The molecule has 0 saturated carbocycles. The first-order chi connectivity index (χ1) is 8.83. The van der Waals surface area contributed by atoms with Gasteiger partial charge >= 0.3 is 0 Å². The third-order valence-corrected chi connectivity index (χ3v) is 3.25. The van der Waals surface area contributed by atoms with Crippen molar-refractivity contribution in [3.8, 4) is 5.82 Å². The van der Waals surface area contributed by atoms with E-state index >= 15 is 0 Å². The van der Waals surface area contributed by atoms with Crippen LogP contribution in [0.4, 0.5) is 5.69 Å². The molecule has 0 amide bonds. The van der Waals surface area contributed by atoms with E-state index in [1.54, 1.807) is 12.5 Å². The fraction of sp³-hybridized carbons (Fsp3) is 0.385. The van der Waals surface area contributed by atoms with Crippen LogP contribution < -0.4 is 5.32 Å². The Morgan fingerprint density at radius 3 is 3.00 bits per heavy atom. The summed E-state index contributed by atoms with van der Waals surface area (Å²) in [4.78, 5) is 8.41. The molecular formula is C13H16N4O. The van der Waals surface area contributed by atoms with Crippen LogP contribution in [-0.4, -0.2) is 33.3 Å². The molecule has 5 nitrogen and oxygen atoms in total. The average molecular weight is 244 g/mol. The van der Waals surface area contributed by atoms with Gasteiger partial charge < -0.3 is 10.1 Å². The standard InChI is InChI=1S/C13H16N4O/c1-10-12(4-7-18-10)16-11-2-3-13(15-8-11)17-6-5-14-9-17/h2-3,5-6,8-10,12,16H,4,7H2,1H3. The lowest BCUT2D eigenvalue weighted by Gasteiger charge is -2.17. The van der Waals surface area contributed by atoms with Crippen LogP contribution in [0.25, 0.3) is 5.82 Å². The second-order valence-corrected chi connectivity index (χ2v) is 4.49. The summed E-state index contributed by atoms with van der Waals surface area (Å²) in [5, 5.41) is 3.45. The number of nitrogens with one attached hydrogen (secondary N) is 1. The van der Waals surface area contributed by atoms with E-state index in [2.05, 4.69) is 22.2 Å². The van der Waals surface area contributed by atoms with Crippen molar-refractivity contribution in [2.75, 3.05) is 11.9 Å². The first kappa shape index (κ1) is 11.2. The Labute approximate surface area is 106 Å². The number of nitrogens with zero attached hydrogens (tertiary/aromatic N) is 3. The highest BCUT2D eigenvalue weighted by Crippen LogP contribution is 2.18. The lowest BCUT2D eigenvalue weighted by Crippen LogP contribution is -2.26. The van der Waals surface area contributed by atoms with E-state index in [1.165, 1.54) is 0 Å². The number of aromatic nitrogens is 3. The third kappa shape index (κ3) is 2.22. The highest BCUT2D eigenvalue weighted by atomic mass is 16.5. The molecule has 2 atom stereocenters. The normalized spacial score (nSPS) is 23.2. The first-order valence-electron chi connectivity index (χ1n) is 6.15. The van der Waals surface area contributed by atoms with Crippen molar-refractivity contribution in [3.63, 3.8) is 0 Å². The van der Waals surface area contributed by atoms with E-state index in [1.807, 2.05) is 29.1 Å². The van der Waals surface area contributed by atoms with Crippen molar-refractivity contribution < 1.29 is 4.74 Å². The lowest BCUT2D eigenvalue weighted by molar-refractivity contribution is 0.121. The summed E-state index contributed by atoms with van der Waals surface area (Å²) >= 11 is 0. The van der Waals surface area contributed by atoms with Crippen LogP contribution in [-0.2, 0) is 4.74 Å². The van der Waals surface area contributed by atoms with Gasteiger partial charge in [-0.2, -0.15) is 0 Å². The summed E-state index contributed by atoms with van der Waals surface area (Å²) in [6.45, 7) is 2.93. The van der Waals surface area contributed by atoms with Gasteiger partial charge in [0.2, 0.25) is 0 Å². The number of hydrogen-bond acceptors (Lipinski definition) is 4. The van der Waals surface area contributed by atoms with Crippen LogP contribution in [0, 0.1) is 0 Å². The van der Waals surface area contributed by atoms with Crippen molar-refractivity contribution in [2.45, 2.75) is 25.5 Å². The molecule has 1 saturated heterocycles. The fourth-order valence-electron chi connectivity index (χ4n) is 2.15. The molecule has 18 heavy (non-hydrogen) atoms. The predicted molar refractivity (Wildman–Crippen MR) is 68.8 cm³/mol. The predicted octanol–water partition coefficient (Wildman–Crippen LogP) is 1.86. The van der Waals surface area contributed by atoms with Crippen molar-refractivity contribution in [3.05, 3.63) is 37.1 Å². The van der Waals surface area contributed by atoms with Crippen LogP contribution >= 0.6 is 0 Å². The first-order valence-corrected chi connectivity index (χ1v) is 6.15. The zero-order valence-electron chi connectivity index (χ0n) is 10.3. The molecule has 2 unspecified atom stereocenters. The maximum Gasteiger partial charge on any atom is 0.137 e. The minimum Gasteiger partial charge on any atom is -0.378 e. The zero-order valence-corrected chi connectivity index (χ0v) is 10.3.